The van der Waals surface area contributed by atoms with E-state index in [1.807, 2.05) is 18.2 Å². The summed E-state index contributed by atoms with van der Waals surface area (Å²) in [4.78, 5) is 10.3. The van der Waals surface area contributed by atoms with Gasteiger partial charge in [-0.25, -0.2) is 4.79 Å². The molecule has 1 aromatic rings. The van der Waals surface area contributed by atoms with E-state index in [2.05, 4.69) is 0 Å². The molecule has 0 spiro atoms. The van der Waals surface area contributed by atoms with Crippen LogP contribution in [0.25, 0.3) is 6.08 Å². The minimum absolute atomic E-state index is 0.828. The summed E-state index contributed by atoms with van der Waals surface area (Å²) in [6.45, 7) is 0. The Balaban J connectivity index is 2.62. The number of carboxylic acids is 1. The second kappa shape index (κ2) is 5.29. The maximum absolute atomic E-state index is 10.3. The molecule has 0 aliphatic heterocycles. The van der Waals surface area contributed by atoms with Crippen LogP contribution in [0.1, 0.15) is 5.56 Å². The molecule has 80 valence electrons. The molecule has 0 bridgehead atoms. The highest BCUT2D eigenvalue weighted by atomic mass is 16.4. The topological polar surface area (TPSA) is 77.8 Å². The summed E-state index contributed by atoms with van der Waals surface area (Å²) < 4.78 is 0. The second-order valence-corrected chi connectivity index (χ2v) is 3.04. The Morgan fingerprint density at radius 1 is 1.20 bits per heavy atom. The first-order valence-electron chi connectivity index (χ1n) is 4.43. The van der Waals surface area contributed by atoms with Crippen LogP contribution in [-0.2, 0) is 4.79 Å². The van der Waals surface area contributed by atoms with Crippen molar-refractivity contribution >= 4 is 12.0 Å². The number of aliphatic hydroxyl groups is 2. The average Bonchev–Trinajstić information content (AvgIpc) is 2.26. The summed E-state index contributed by atoms with van der Waals surface area (Å²) in [5.41, 5.74) is 0.828. The number of hydrogen-bond acceptors (Lipinski definition) is 3. The van der Waals surface area contributed by atoms with Gasteiger partial charge in [-0.1, -0.05) is 42.5 Å². The number of hydrogen-bond donors (Lipinski definition) is 3. The lowest BCUT2D eigenvalue weighted by Gasteiger charge is -2.08. The second-order valence-electron chi connectivity index (χ2n) is 3.04. The highest BCUT2D eigenvalue weighted by Gasteiger charge is 2.20. The number of carboxylic acid groups (broad SMARTS) is 1. The highest BCUT2D eigenvalue weighted by Crippen LogP contribution is 2.04. The first-order valence-corrected chi connectivity index (χ1v) is 4.43. The van der Waals surface area contributed by atoms with Gasteiger partial charge < -0.3 is 15.3 Å². The summed E-state index contributed by atoms with van der Waals surface area (Å²) in [6, 6.07) is 9.09. The molecule has 4 nitrogen and oxygen atoms in total. The van der Waals surface area contributed by atoms with Gasteiger partial charge in [0.25, 0.3) is 0 Å². The Morgan fingerprint density at radius 2 is 1.80 bits per heavy atom. The van der Waals surface area contributed by atoms with Crippen LogP contribution in [0.4, 0.5) is 0 Å². The normalized spacial score (nSPS) is 15.1. The first-order chi connectivity index (χ1) is 7.11. The van der Waals surface area contributed by atoms with Crippen molar-refractivity contribution in [3.8, 4) is 0 Å². The fraction of sp³-hybridized carbons (Fsp3) is 0.182. The quantitative estimate of drug-likeness (QED) is 0.673. The third kappa shape index (κ3) is 3.53. The van der Waals surface area contributed by atoms with Crippen LogP contribution in [0.3, 0.4) is 0 Å². The molecule has 1 aromatic carbocycles. The summed E-state index contributed by atoms with van der Waals surface area (Å²) in [5, 5.41) is 26.6. The maximum Gasteiger partial charge on any atom is 0.335 e. The lowest BCUT2D eigenvalue weighted by molar-refractivity contribution is -0.150. The SMILES string of the molecule is O=C(O)[C@H](O)[C@@H](O)/C=C/c1ccccc1. The van der Waals surface area contributed by atoms with Gasteiger partial charge in [-0.2, -0.15) is 0 Å². The van der Waals surface area contributed by atoms with Crippen LogP contribution >= 0.6 is 0 Å². The van der Waals surface area contributed by atoms with Crippen LogP contribution in [0.2, 0.25) is 0 Å². The van der Waals surface area contributed by atoms with Crippen molar-refractivity contribution in [3.63, 3.8) is 0 Å². The zero-order valence-corrected chi connectivity index (χ0v) is 7.95. The molecule has 2 atom stereocenters. The number of carbonyl (C=O) groups is 1. The van der Waals surface area contributed by atoms with Crippen LogP contribution in [0.5, 0.6) is 0 Å². The van der Waals surface area contributed by atoms with Crippen LogP contribution in [0, 0.1) is 0 Å². The van der Waals surface area contributed by atoms with Gasteiger partial charge in [-0.3, -0.25) is 0 Å². The van der Waals surface area contributed by atoms with E-state index in [1.54, 1.807) is 18.2 Å². The first kappa shape index (κ1) is 11.4. The number of benzene rings is 1. The zero-order chi connectivity index (χ0) is 11.3. The Bertz CT molecular complexity index is 345. The highest BCUT2D eigenvalue weighted by molar-refractivity contribution is 5.73. The lowest BCUT2D eigenvalue weighted by atomic mass is 10.1. The third-order valence-electron chi connectivity index (χ3n) is 1.86. The third-order valence-corrected chi connectivity index (χ3v) is 1.86. The van der Waals surface area contributed by atoms with E-state index in [4.69, 9.17) is 10.2 Å². The fourth-order valence-corrected chi connectivity index (χ4v) is 1.03. The maximum atomic E-state index is 10.3. The van der Waals surface area contributed by atoms with E-state index >= 15 is 0 Å². The number of aliphatic hydroxyl groups excluding tert-OH is 2. The molecule has 0 amide bonds. The molecule has 0 aliphatic carbocycles. The van der Waals surface area contributed by atoms with Crippen molar-refractivity contribution in [2.45, 2.75) is 12.2 Å². The molecule has 0 aromatic heterocycles. The Labute approximate surface area is 87.1 Å². The summed E-state index contributed by atoms with van der Waals surface area (Å²) in [6.07, 6.45) is -0.391. The predicted molar refractivity (Wildman–Crippen MR) is 55.1 cm³/mol. The van der Waals surface area contributed by atoms with E-state index in [1.165, 1.54) is 6.08 Å². The molecule has 0 saturated heterocycles. The minimum atomic E-state index is -1.79. The van der Waals surface area contributed by atoms with Crippen molar-refractivity contribution in [2.75, 3.05) is 0 Å². The van der Waals surface area contributed by atoms with Gasteiger partial charge in [-0.15, -0.1) is 0 Å². The molecule has 1 rings (SSSR count). The van der Waals surface area contributed by atoms with E-state index < -0.39 is 18.2 Å². The molecule has 0 saturated carbocycles. The van der Waals surface area contributed by atoms with Crippen LogP contribution in [0.15, 0.2) is 36.4 Å². The largest absolute Gasteiger partial charge is 0.479 e. The van der Waals surface area contributed by atoms with Gasteiger partial charge >= 0.3 is 5.97 Å². The fourth-order valence-electron chi connectivity index (χ4n) is 1.03. The van der Waals surface area contributed by atoms with E-state index in [0.717, 1.165) is 5.56 Å². The lowest BCUT2D eigenvalue weighted by Crippen LogP contribution is -2.31. The van der Waals surface area contributed by atoms with Gasteiger partial charge in [0, 0.05) is 0 Å². The molecule has 4 heteroatoms. The average molecular weight is 208 g/mol. The van der Waals surface area contributed by atoms with Crippen molar-refractivity contribution in [1.82, 2.24) is 0 Å². The molecule has 0 heterocycles. The molecular formula is C11H12O4. The number of aliphatic carboxylic acids is 1. The molecule has 0 fully saturated rings. The molecule has 0 unspecified atom stereocenters. The van der Waals surface area contributed by atoms with Crippen molar-refractivity contribution in [3.05, 3.63) is 42.0 Å². The van der Waals surface area contributed by atoms with Gasteiger partial charge in [-0.05, 0) is 5.56 Å². The van der Waals surface area contributed by atoms with Gasteiger partial charge in [0.2, 0.25) is 0 Å². The summed E-state index contributed by atoms with van der Waals surface area (Å²) in [7, 11) is 0. The molecule has 0 radical (unpaired) electrons. The van der Waals surface area contributed by atoms with Crippen molar-refractivity contribution in [1.29, 1.82) is 0 Å². The number of rotatable bonds is 4. The Hall–Kier alpha value is -1.65. The van der Waals surface area contributed by atoms with Crippen LogP contribution < -0.4 is 0 Å². The molecule has 15 heavy (non-hydrogen) atoms. The Kier molecular flexibility index (Phi) is 4.03. The monoisotopic (exact) mass is 208 g/mol. The van der Waals surface area contributed by atoms with Gasteiger partial charge in [0.15, 0.2) is 6.10 Å². The van der Waals surface area contributed by atoms with E-state index in [-0.39, 0.29) is 0 Å². The summed E-state index contributed by atoms with van der Waals surface area (Å²) >= 11 is 0. The zero-order valence-electron chi connectivity index (χ0n) is 7.95. The molecular weight excluding hydrogens is 196 g/mol. The summed E-state index contributed by atoms with van der Waals surface area (Å²) in [5.74, 6) is -1.44. The van der Waals surface area contributed by atoms with E-state index in [9.17, 15) is 9.90 Å². The van der Waals surface area contributed by atoms with Crippen molar-refractivity contribution < 1.29 is 20.1 Å². The van der Waals surface area contributed by atoms with E-state index in [0.29, 0.717) is 0 Å². The van der Waals surface area contributed by atoms with Gasteiger partial charge in [0.05, 0.1) is 0 Å². The predicted octanol–water partition coefficient (Wildman–Crippen LogP) is 0.506. The van der Waals surface area contributed by atoms with Gasteiger partial charge in [0.1, 0.15) is 6.10 Å². The van der Waals surface area contributed by atoms with Crippen LogP contribution in [-0.4, -0.2) is 33.5 Å². The standard InChI is InChI=1S/C11H12O4/c12-9(10(13)11(14)15)7-6-8-4-2-1-3-5-8/h1-7,9-10,12-13H,(H,14,15)/b7-6+/t9-,10+/m0/s1. The van der Waals surface area contributed by atoms with Crippen molar-refractivity contribution in [2.24, 2.45) is 0 Å². The smallest absolute Gasteiger partial charge is 0.335 e. The molecule has 3 N–H and O–H groups in total. The Morgan fingerprint density at radius 3 is 2.33 bits per heavy atom. The minimum Gasteiger partial charge on any atom is -0.479 e. The molecule has 0 aliphatic rings.